The summed E-state index contributed by atoms with van der Waals surface area (Å²) in [4.78, 5) is 50.7. The van der Waals surface area contributed by atoms with E-state index in [-0.39, 0.29) is 23.7 Å². The molecule has 174 valence electrons. The maximum atomic E-state index is 14.5. The molecule has 4 rings (SSSR count). The van der Waals surface area contributed by atoms with Crippen LogP contribution >= 0.6 is 11.6 Å². The summed E-state index contributed by atoms with van der Waals surface area (Å²) in [6.07, 6.45) is 0. The van der Waals surface area contributed by atoms with E-state index >= 15 is 0 Å². The molecule has 7 nitrogen and oxygen atoms in total. The molecule has 0 saturated carbocycles. The fourth-order valence-corrected chi connectivity index (χ4v) is 4.27. The summed E-state index contributed by atoms with van der Waals surface area (Å²) in [6.45, 7) is -0.521. The Morgan fingerprint density at radius 3 is 2.42 bits per heavy atom. The largest absolute Gasteiger partial charge is 0.349 e. The van der Waals surface area contributed by atoms with Crippen LogP contribution in [0.15, 0.2) is 42.5 Å². The van der Waals surface area contributed by atoms with Crippen LogP contribution in [-0.2, 0) is 33.4 Å². The molecule has 14 heteroatoms. The van der Waals surface area contributed by atoms with Crippen molar-refractivity contribution < 1.29 is 28.0 Å². The second-order valence-corrected chi connectivity index (χ2v) is 9.08. The summed E-state index contributed by atoms with van der Waals surface area (Å²) < 4.78 is 29.0. The first-order chi connectivity index (χ1) is 16.7. The van der Waals surface area contributed by atoms with Crippen molar-refractivity contribution in [2.45, 2.75) is 35.5 Å². The SMILES string of the molecule is [B]C1C(=O)NC(=O)C([B])(N2Cc3cc(CNC(=O)C(F)(F)c4ccc(Cl)cc4)ccc3C2=O)C1([B])[B]. The van der Waals surface area contributed by atoms with Gasteiger partial charge in [0.1, 0.15) is 7.85 Å². The lowest BCUT2D eigenvalue weighted by atomic mass is 9.31. The molecule has 0 bridgehead atoms. The molecule has 2 aliphatic rings. The number of amides is 4. The van der Waals surface area contributed by atoms with Crippen molar-refractivity contribution >= 4 is 66.6 Å². The third-order valence-electron chi connectivity index (χ3n) is 6.38. The van der Waals surface area contributed by atoms with E-state index in [0.29, 0.717) is 11.1 Å². The minimum atomic E-state index is -3.81. The van der Waals surface area contributed by atoms with Crippen molar-refractivity contribution in [1.82, 2.24) is 15.5 Å². The molecule has 0 spiro atoms. The molecule has 0 aromatic heterocycles. The summed E-state index contributed by atoms with van der Waals surface area (Å²) in [5, 5.41) is 2.08. The second kappa shape index (κ2) is 8.80. The summed E-state index contributed by atoms with van der Waals surface area (Å²) >= 11 is 5.71. The van der Waals surface area contributed by atoms with Gasteiger partial charge < -0.3 is 10.2 Å². The van der Waals surface area contributed by atoms with Gasteiger partial charge in [-0.2, -0.15) is 8.78 Å². The van der Waals surface area contributed by atoms with Crippen LogP contribution < -0.4 is 10.6 Å². The number of benzene rings is 2. The maximum Gasteiger partial charge on any atom is 0.349 e. The molecule has 8 radical (unpaired) electrons. The van der Waals surface area contributed by atoms with Crippen LogP contribution in [-0.4, -0.2) is 65.4 Å². The van der Waals surface area contributed by atoms with Crippen molar-refractivity contribution in [3.8, 4) is 0 Å². The van der Waals surface area contributed by atoms with Crippen molar-refractivity contribution in [1.29, 1.82) is 0 Å². The molecule has 36 heavy (non-hydrogen) atoms. The number of alkyl halides is 2. The number of carbonyl (C=O) groups is 4. The van der Waals surface area contributed by atoms with E-state index in [1.165, 1.54) is 30.3 Å². The monoisotopic (exact) mass is 501 g/mol. The molecule has 2 heterocycles. The number of nitrogens with one attached hydrogen (secondary N) is 2. The summed E-state index contributed by atoms with van der Waals surface area (Å²) in [7, 11) is 24.0. The molecule has 4 amide bonds. The van der Waals surface area contributed by atoms with E-state index in [0.717, 1.165) is 17.0 Å². The van der Waals surface area contributed by atoms with E-state index in [1.54, 1.807) is 0 Å². The van der Waals surface area contributed by atoms with Gasteiger partial charge in [0.15, 0.2) is 0 Å². The predicted molar refractivity (Wildman–Crippen MR) is 129 cm³/mol. The highest BCUT2D eigenvalue weighted by Crippen LogP contribution is 2.49. The topological polar surface area (TPSA) is 95.6 Å². The fraction of sp³-hybridized carbons (Fsp3) is 0.273. The zero-order valence-electron chi connectivity index (χ0n) is 18.6. The third-order valence-corrected chi connectivity index (χ3v) is 6.64. The van der Waals surface area contributed by atoms with E-state index < -0.39 is 51.6 Å². The standard InChI is InChI=1S/C22H14B4ClF2N3O4/c23-15-16(33)31-19(36)22(26,21(15,24)25)32-9-11-7-10(1-6-14(11)17(32)34)8-30-18(35)20(28,29)12-2-4-13(27)5-3-12/h1-7,15H,8-9H2,(H,30,35)(H,31,33,36). The van der Waals surface area contributed by atoms with Crippen LogP contribution in [0, 0.1) is 0 Å². The smallest absolute Gasteiger partial charge is 0.346 e. The number of nitrogens with zero attached hydrogens (tertiary/aromatic N) is 1. The van der Waals surface area contributed by atoms with Gasteiger partial charge in [0, 0.05) is 29.2 Å². The highest BCUT2D eigenvalue weighted by molar-refractivity contribution is 6.57. The number of fused-ring (bicyclic) bond motifs is 1. The van der Waals surface area contributed by atoms with E-state index in [1.807, 2.05) is 5.32 Å². The Labute approximate surface area is 215 Å². The molecule has 2 N–H and O–H groups in total. The second-order valence-electron chi connectivity index (χ2n) is 8.64. The van der Waals surface area contributed by atoms with Gasteiger partial charge in [-0.15, -0.1) is 0 Å². The lowest BCUT2D eigenvalue weighted by molar-refractivity contribution is -0.147. The summed E-state index contributed by atoms with van der Waals surface area (Å²) in [5.74, 6) is -9.67. The van der Waals surface area contributed by atoms with Crippen molar-refractivity contribution in [3.63, 3.8) is 0 Å². The number of rotatable bonds is 5. The van der Waals surface area contributed by atoms with Crippen LogP contribution in [0.2, 0.25) is 16.1 Å². The molecule has 2 aliphatic heterocycles. The zero-order chi connectivity index (χ0) is 26.6. The Morgan fingerprint density at radius 2 is 1.78 bits per heavy atom. The Hall–Kier alpha value is -3.07. The van der Waals surface area contributed by atoms with Crippen molar-refractivity contribution in [2.75, 3.05) is 0 Å². The minimum Gasteiger partial charge on any atom is -0.346 e. The van der Waals surface area contributed by atoms with Crippen LogP contribution in [0.1, 0.15) is 27.0 Å². The van der Waals surface area contributed by atoms with Gasteiger partial charge in [0.05, 0.1) is 29.0 Å². The van der Waals surface area contributed by atoms with E-state index in [4.69, 9.17) is 43.0 Å². The van der Waals surface area contributed by atoms with Gasteiger partial charge in [-0.1, -0.05) is 41.1 Å². The average molecular weight is 501 g/mol. The van der Waals surface area contributed by atoms with Crippen LogP contribution in [0.5, 0.6) is 0 Å². The van der Waals surface area contributed by atoms with Gasteiger partial charge in [0.25, 0.3) is 11.8 Å². The van der Waals surface area contributed by atoms with Crippen molar-refractivity contribution in [2.24, 2.45) is 0 Å². The zero-order valence-corrected chi connectivity index (χ0v) is 19.3. The molecular formula is C22H14B4ClF2N3O4. The van der Waals surface area contributed by atoms with Crippen LogP contribution in [0.3, 0.4) is 0 Å². The first-order valence-corrected chi connectivity index (χ1v) is 10.9. The van der Waals surface area contributed by atoms with E-state index in [9.17, 15) is 28.0 Å². The lowest BCUT2D eigenvalue weighted by Gasteiger charge is -2.55. The van der Waals surface area contributed by atoms with Crippen LogP contribution in [0.25, 0.3) is 0 Å². The minimum absolute atomic E-state index is 0.149. The van der Waals surface area contributed by atoms with Crippen molar-refractivity contribution in [3.05, 3.63) is 69.7 Å². The third kappa shape index (κ3) is 3.93. The Kier molecular flexibility index (Phi) is 6.35. The number of halogens is 3. The molecule has 0 aliphatic carbocycles. The number of imide groups is 1. The molecule has 2 unspecified atom stereocenters. The average Bonchev–Trinajstić information content (AvgIpc) is 3.16. The quantitative estimate of drug-likeness (QED) is 0.465. The van der Waals surface area contributed by atoms with E-state index in [2.05, 4.69) is 5.32 Å². The van der Waals surface area contributed by atoms with Gasteiger partial charge in [-0.3, -0.25) is 24.5 Å². The molecule has 1 saturated heterocycles. The Morgan fingerprint density at radius 1 is 1.14 bits per heavy atom. The Balaban J connectivity index is 1.52. The predicted octanol–water partition coefficient (Wildman–Crippen LogP) is 0.635. The first-order valence-electron chi connectivity index (χ1n) is 10.5. The molecule has 2 atom stereocenters. The van der Waals surface area contributed by atoms with Gasteiger partial charge in [-0.05, 0) is 35.1 Å². The maximum absolute atomic E-state index is 14.5. The highest BCUT2D eigenvalue weighted by Gasteiger charge is 2.59. The fourth-order valence-electron chi connectivity index (χ4n) is 4.14. The number of carbonyl (C=O) groups excluding carboxylic acids is 4. The number of piperidine rings is 1. The molecular weight excluding hydrogens is 487 g/mol. The Bertz CT molecular complexity index is 1290. The molecule has 1 fully saturated rings. The van der Waals surface area contributed by atoms with Crippen LogP contribution in [0.4, 0.5) is 8.78 Å². The lowest BCUT2D eigenvalue weighted by Crippen LogP contribution is -2.72. The highest BCUT2D eigenvalue weighted by atomic mass is 35.5. The van der Waals surface area contributed by atoms with Gasteiger partial charge in [0.2, 0.25) is 11.8 Å². The molecule has 2 aromatic carbocycles. The number of hydrogen-bond donors (Lipinski definition) is 2. The summed E-state index contributed by atoms with van der Waals surface area (Å²) in [6, 6.07) is 8.92. The molecule has 2 aromatic rings. The first kappa shape index (κ1) is 26.0. The number of hydrogen-bond acceptors (Lipinski definition) is 4. The van der Waals surface area contributed by atoms with Gasteiger partial charge in [-0.25, -0.2) is 0 Å². The normalized spacial score (nSPS) is 23.2. The summed E-state index contributed by atoms with van der Waals surface area (Å²) in [5.41, 5.74) is -1.99. The van der Waals surface area contributed by atoms with Gasteiger partial charge >= 0.3 is 5.92 Å².